The van der Waals surface area contributed by atoms with Crippen LogP contribution in [0.25, 0.3) is 10.9 Å². The van der Waals surface area contributed by atoms with Crippen LogP contribution in [-0.4, -0.2) is 52.1 Å². The number of furan rings is 1. The Morgan fingerprint density at radius 3 is 2.92 bits per heavy atom. The van der Waals surface area contributed by atoms with Gasteiger partial charge in [0.15, 0.2) is 0 Å². The number of aromatic nitrogens is 2. The molecule has 1 aliphatic heterocycles. The molecule has 1 N–H and O–H groups in total. The van der Waals surface area contributed by atoms with Crippen molar-refractivity contribution in [1.29, 1.82) is 0 Å². The Balaban J connectivity index is 1.66. The lowest BCUT2D eigenvalue weighted by atomic mass is 10.0. The minimum Gasteiger partial charge on any atom is -0.467 e. The van der Waals surface area contributed by atoms with E-state index in [0.29, 0.717) is 12.1 Å². The lowest BCUT2D eigenvalue weighted by Crippen LogP contribution is -2.46. The Morgan fingerprint density at radius 2 is 2.16 bits per heavy atom. The van der Waals surface area contributed by atoms with Gasteiger partial charge in [-0.15, -0.1) is 0 Å². The third-order valence-electron chi connectivity index (χ3n) is 5.00. The Labute approximate surface area is 146 Å². The average molecular weight is 338 g/mol. The van der Waals surface area contributed by atoms with E-state index < -0.39 is 0 Å². The van der Waals surface area contributed by atoms with Crippen molar-refractivity contribution in [3.63, 3.8) is 0 Å². The van der Waals surface area contributed by atoms with Crippen molar-refractivity contribution in [2.24, 2.45) is 0 Å². The van der Waals surface area contributed by atoms with Crippen LogP contribution in [0.4, 0.5) is 0 Å². The summed E-state index contributed by atoms with van der Waals surface area (Å²) in [4.78, 5) is 17.7. The molecule has 0 atom stereocenters. The fraction of sp³-hybridized carbons (Fsp3) is 0.368. The first-order valence-electron chi connectivity index (χ1n) is 8.66. The summed E-state index contributed by atoms with van der Waals surface area (Å²) >= 11 is 0. The summed E-state index contributed by atoms with van der Waals surface area (Å²) in [5, 5.41) is 8.00. The number of amides is 1. The number of hydrogen-bond acceptors (Lipinski definition) is 4. The highest BCUT2D eigenvalue weighted by molar-refractivity contribution is 6.05. The summed E-state index contributed by atoms with van der Waals surface area (Å²) in [6.45, 7) is 2.49. The standard InChI is InChI=1S/C19H22N4O2/c1-22-9-7-15(8-10-22)23(13-16-5-3-11-25-16)19(24)17-6-2-4-14-12-20-21-18(14)17/h2-6,11-12,15H,7-10,13H2,1H3,(H,20,21). The van der Waals surface area contributed by atoms with Crippen LogP contribution in [0.5, 0.6) is 0 Å². The van der Waals surface area contributed by atoms with E-state index in [1.165, 1.54) is 0 Å². The number of rotatable bonds is 4. The van der Waals surface area contributed by atoms with Crippen LogP contribution >= 0.6 is 0 Å². The van der Waals surface area contributed by atoms with Crippen LogP contribution in [0.1, 0.15) is 29.0 Å². The van der Waals surface area contributed by atoms with E-state index >= 15 is 0 Å². The second-order valence-electron chi connectivity index (χ2n) is 6.69. The van der Waals surface area contributed by atoms with Crippen LogP contribution in [-0.2, 0) is 6.54 Å². The molecule has 1 saturated heterocycles. The molecule has 0 radical (unpaired) electrons. The number of likely N-dealkylation sites (tertiary alicyclic amines) is 1. The van der Waals surface area contributed by atoms with Crippen molar-refractivity contribution in [2.75, 3.05) is 20.1 Å². The molecule has 1 aromatic carbocycles. The summed E-state index contributed by atoms with van der Waals surface area (Å²) in [5.41, 5.74) is 1.46. The first kappa shape index (κ1) is 15.9. The Kier molecular flexibility index (Phi) is 4.28. The largest absolute Gasteiger partial charge is 0.467 e. The van der Waals surface area contributed by atoms with Gasteiger partial charge in [0.05, 0.1) is 30.1 Å². The Hall–Kier alpha value is -2.60. The lowest BCUT2D eigenvalue weighted by molar-refractivity contribution is 0.0552. The second-order valence-corrected chi connectivity index (χ2v) is 6.69. The van der Waals surface area contributed by atoms with Crippen molar-refractivity contribution < 1.29 is 9.21 Å². The van der Waals surface area contributed by atoms with Gasteiger partial charge in [-0.1, -0.05) is 12.1 Å². The molecule has 130 valence electrons. The molecule has 0 unspecified atom stereocenters. The Bertz CT molecular complexity index is 847. The predicted molar refractivity (Wildman–Crippen MR) is 95.2 cm³/mol. The van der Waals surface area contributed by atoms with E-state index in [2.05, 4.69) is 22.1 Å². The predicted octanol–water partition coefficient (Wildman–Crippen LogP) is 2.89. The molecule has 0 aliphatic carbocycles. The molecule has 1 amide bonds. The molecular weight excluding hydrogens is 316 g/mol. The van der Waals surface area contributed by atoms with Gasteiger partial charge < -0.3 is 14.2 Å². The van der Waals surface area contributed by atoms with Crippen LogP contribution < -0.4 is 0 Å². The topological polar surface area (TPSA) is 65.4 Å². The van der Waals surface area contributed by atoms with Crippen molar-refractivity contribution >= 4 is 16.8 Å². The first-order chi connectivity index (χ1) is 12.2. The number of carbonyl (C=O) groups is 1. The number of nitrogens with zero attached hydrogens (tertiary/aromatic N) is 3. The van der Waals surface area contributed by atoms with Crippen molar-refractivity contribution in [3.8, 4) is 0 Å². The smallest absolute Gasteiger partial charge is 0.256 e. The van der Waals surface area contributed by atoms with Crippen LogP contribution in [0.15, 0.2) is 47.2 Å². The molecule has 2 aromatic heterocycles. The highest BCUT2D eigenvalue weighted by Crippen LogP contribution is 2.24. The molecule has 3 aromatic rings. The number of para-hydroxylation sites is 1. The zero-order chi connectivity index (χ0) is 17.2. The van der Waals surface area contributed by atoms with E-state index in [1.54, 1.807) is 12.5 Å². The molecule has 1 fully saturated rings. The van der Waals surface area contributed by atoms with Gasteiger partial charge in [-0.05, 0) is 51.2 Å². The SMILES string of the molecule is CN1CCC(N(Cc2ccco2)C(=O)c2cccc3cn[nH]c23)CC1. The quantitative estimate of drug-likeness (QED) is 0.794. The van der Waals surface area contributed by atoms with E-state index in [-0.39, 0.29) is 11.9 Å². The molecular formula is C19H22N4O2. The number of fused-ring (bicyclic) bond motifs is 1. The van der Waals surface area contributed by atoms with Gasteiger partial charge in [-0.3, -0.25) is 9.89 Å². The number of benzene rings is 1. The van der Waals surface area contributed by atoms with Crippen molar-refractivity contribution in [1.82, 2.24) is 20.0 Å². The number of piperidine rings is 1. The van der Waals surface area contributed by atoms with Crippen LogP contribution in [0.3, 0.4) is 0 Å². The van der Waals surface area contributed by atoms with Gasteiger partial charge in [0.25, 0.3) is 5.91 Å². The summed E-state index contributed by atoms with van der Waals surface area (Å²) in [7, 11) is 2.13. The highest BCUT2D eigenvalue weighted by atomic mass is 16.3. The zero-order valence-electron chi connectivity index (χ0n) is 14.3. The Morgan fingerprint density at radius 1 is 1.32 bits per heavy atom. The van der Waals surface area contributed by atoms with E-state index in [9.17, 15) is 4.79 Å². The second kappa shape index (κ2) is 6.72. The highest BCUT2D eigenvalue weighted by Gasteiger charge is 2.29. The first-order valence-corrected chi connectivity index (χ1v) is 8.66. The third-order valence-corrected chi connectivity index (χ3v) is 5.00. The zero-order valence-corrected chi connectivity index (χ0v) is 14.3. The molecule has 3 heterocycles. The lowest BCUT2D eigenvalue weighted by Gasteiger charge is -2.37. The van der Waals surface area contributed by atoms with Gasteiger partial charge in [0.2, 0.25) is 0 Å². The average Bonchev–Trinajstić information content (AvgIpc) is 3.31. The van der Waals surface area contributed by atoms with E-state index in [0.717, 1.165) is 42.6 Å². The maximum absolute atomic E-state index is 13.4. The molecule has 6 heteroatoms. The number of hydrogen-bond donors (Lipinski definition) is 1. The molecule has 0 saturated carbocycles. The third kappa shape index (κ3) is 3.17. The molecule has 25 heavy (non-hydrogen) atoms. The van der Waals surface area contributed by atoms with Crippen LogP contribution in [0.2, 0.25) is 0 Å². The fourth-order valence-electron chi connectivity index (χ4n) is 3.55. The van der Waals surface area contributed by atoms with E-state index in [4.69, 9.17) is 4.42 Å². The minimum atomic E-state index is 0.0285. The normalized spacial score (nSPS) is 16.4. The van der Waals surface area contributed by atoms with Gasteiger partial charge in [0.1, 0.15) is 5.76 Å². The van der Waals surface area contributed by atoms with Crippen LogP contribution in [0, 0.1) is 0 Å². The van der Waals surface area contributed by atoms with Gasteiger partial charge in [0, 0.05) is 11.4 Å². The molecule has 0 spiro atoms. The summed E-state index contributed by atoms with van der Waals surface area (Å²) in [5.74, 6) is 0.838. The molecule has 6 nitrogen and oxygen atoms in total. The number of aromatic amines is 1. The maximum Gasteiger partial charge on any atom is 0.256 e. The monoisotopic (exact) mass is 338 g/mol. The van der Waals surface area contributed by atoms with Gasteiger partial charge >= 0.3 is 0 Å². The fourth-order valence-corrected chi connectivity index (χ4v) is 3.55. The van der Waals surface area contributed by atoms with Crippen molar-refractivity contribution in [2.45, 2.75) is 25.4 Å². The molecule has 0 bridgehead atoms. The summed E-state index contributed by atoms with van der Waals surface area (Å²) < 4.78 is 5.51. The maximum atomic E-state index is 13.4. The number of nitrogens with one attached hydrogen (secondary N) is 1. The van der Waals surface area contributed by atoms with Gasteiger partial charge in [-0.25, -0.2) is 0 Å². The molecule has 1 aliphatic rings. The number of carbonyl (C=O) groups excluding carboxylic acids is 1. The van der Waals surface area contributed by atoms with Gasteiger partial charge in [-0.2, -0.15) is 5.10 Å². The summed E-state index contributed by atoms with van der Waals surface area (Å²) in [6, 6.07) is 9.74. The number of H-pyrrole nitrogens is 1. The van der Waals surface area contributed by atoms with Crippen molar-refractivity contribution in [3.05, 3.63) is 54.1 Å². The molecule has 4 rings (SSSR count). The van der Waals surface area contributed by atoms with E-state index in [1.807, 2.05) is 35.2 Å². The summed E-state index contributed by atoms with van der Waals surface area (Å²) in [6.07, 6.45) is 5.35. The minimum absolute atomic E-state index is 0.0285.